The third kappa shape index (κ3) is 5.07. The SMILES string of the molecule is CN(C)CCCCCC1=C[C@H]2C[C@@H](O)[C@H](C=CC(=O)C3CCCC3)[C@H]2C1. The average molecular weight is 360 g/mol. The predicted octanol–water partition coefficient (Wildman–Crippen LogP) is 4.37. The molecule has 0 unspecified atom stereocenters. The van der Waals surface area contributed by atoms with Gasteiger partial charge in [-0.3, -0.25) is 4.79 Å². The molecule has 3 rings (SSSR count). The predicted molar refractivity (Wildman–Crippen MR) is 107 cm³/mol. The Morgan fingerprint density at radius 2 is 2.00 bits per heavy atom. The third-order valence-electron chi connectivity index (χ3n) is 6.79. The van der Waals surface area contributed by atoms with Crippen LogP contribution in [0.15, 0.2) is 23.8 Å². The Labute approximate surface area is 159 Å². The molecule has 0 radical (unpaired) electrons. The maximum Gasteiger partial charge on any atom is 0.158 e. The Kier molecular flexibility index (Phi) is 7.11. The second-order valence-corrected chi connectivity index (χ2v) is 9.09. The Balaban J connectivity index is 1.45. The number of aliphatic hydroxyl groups excluding tert-OH is 1. The fraction of sp³-hybridized carbons (Fsp3) is 0.783. The first-order valence-electron chi connectivity index (χ1n) is 10.8. The largest absolute Gasteiger partial charge is 0.392 e. The van der Waals surface area contributed by atoms with E-state index < -0.39 is 0 Å². The van der Waals surface area contributed by atoms with E-state index in [0.29, 0.717) is 17.6 Å². The second kappa shape index (κ2) is 9.32. The maximum atomic E-state index is 12.3. The van der Waals surface area contributed by atoms with Gasteiger partial charge in [0, 0.05) is 11.8 Å². The zero-order valence-electron chi connectivity index (χ0n) is 16.7. The zero-order valence-corrected chi connectivity index (χ0v) is 16.7. The molecule has 0 heterocycles. The van der Waals surface area contributed by atoms with E-state index in [9.17, 15) is 9.90 Å². The van der Waals surface area contributed by atoms with Gasteiger partial charge in [-0.15, -0.1) is 0 Å². The van der Waals surface area contributed by atoms with E-state index in [4.69, 9.17) is 0 Å². The minimum absolute atomic E-state index is 0.174. The molecule has 3 aliphatic rings. The molecule has 146 valence electrons. The molecule has 0 aliphatic heterocycles. The average Bonchev–Trinajstić information content (AvgIpc) is 3.29. The van der Waals surface area contributed by atoms with Crippen molar-refractivity contribution in [2.45, 2.75) is 70.3 Å². The maximum absolute atomic E-state index is 12.3. The van der Waals surface area contributed by atoms with E-state index in [1.165, 1.54) is 45.1 Å². The molecule has 0 aromatic carbocycles. The molecule has 0 saturated heterocycles. The lowest BCUT2D eigenvalue weighted by Gasteiger charge is -2.18. The summed E-state index contributed by atoms with van der Waals surface area (Å²) in [7, 11) is 4.27. The third-order valence-corrected chi connectivity index (χ3v) is 6.79. The molecule has 26 heavy (non-hydrogen) atoms. The smallest absolute Gasteiger partial charge is 0.158 e. The van der Waals surface area contributed by atoms with Crippen LogP contribution in [0, 0.1) is 23.7 Å². The van der Waals surface area contributed by atoms with Crippen molar-refractivity contribution in [3.8, 4) is 0 Å². The highest BCUT2D eigenvalue weighted by Crippen LogP contribution is 2.48. The minimum atomic E-state index is -0.268. The summed E-state index contributed by atoms with van der Waals surface area (Å²) in [6.45, 7) is 1.18. The topological polar surface area (TPSA) is 40.5 Å². The number of hydrogen-bond acceptors (Lipinski definition) is 3. The lowest BCUT2D eigenvalue weighted by molar-refractivity contribution is -0.118. The highest BCUT2D eigenvalue weighted by molar-refractivity contribution is 5.91. The summed E-state index contributed by atoms with van der Waals surface area (Å²) in [4.78, 5) is 14.6. The quantitative estimate of drug-likeness (QED) is 0.378. The van der Waals surface area contributed by atoms with Crippen molar-refractivity contribution >= 4 is 5.78 Å². The zero-order chi connectivity index (χ0) is 18.5. The molecule has 0 amide bonds. The highest BCUT2D eigenvalue weighted by Gasteiger charge is 2.43. The van der Waals surface area contributed by atoms with Crippen LogP contribution < -0.4 is 0 Å². The van der Waals surface area contributed by atoms with Crippen molar-refractivity contribution < 1.29 is 9.90 Å². The van der Waals surface area contributed by atoms with Gasteiger partial charge in [0.25, 0.3) is 0 Å². The van der Waals surface area contributed by atoms with E-state index in [1.54, 1.807) is 5.57 Å². The van der Waals surface area contributed by atoms with Crippen molar-refractivity contribution in [2.24, 2.45) is 23.7 Å². The van der Waals surface area contributed by atoms with E-state index in [1.807, 2.05) is 6.08 Å². The second-order valence-electron chi connectivity index (χ2n) is 9.09. The van der Waals surface area contributed by atoms with Crippen LogP contribution in [0.4, 0.5) is 0 Å². The molecule has 3 nitrogen and oxygen atoms in total. The van der Waals surface area contributed by atoms with Crippen LogP contribution in [-0.4, -0.2) is 42.5 Å². The standard InChI is InChI=1S/C23H37NO2/c1-24(2)13-7-3-4-8-17-14-19-16-23(26)20(21(19)15-17)11-12-22(25)18-9-5-6-10-18/h11-12,14,18-21,23,26H,3-10,13,15-16H2,1-2H3/t19-,20+,21-,23+/m0/s1. The molecule has 1 N–H and O–H groups in total. The first-order valence-corrected chi connectivity index (χ1v) is 10.8. The Bertz CT molecular complexity index is 530. The number of rotatable bonds is 9. The van der Waals surface area contributed by atoms with Crippen molar-refractivity contribution in [2.75, 3.05) is 20.6 Å². The van der Waals surface area contributed by atoms with Crippen LogP contribution in [0.3, 0.4) is 0 Å². The number of fused-ring (bicyclic) bond motifs is 1. The first kappa shape index (κ1) is 19.8. The number of carbonyl (C=O) groups is 1. The monoisotopic (exact) mass is 359 g/mol. The van der Waals surface area contributed by atoms with Crippen LogP contribution in [0.1, 0.15) is 64.2 Å². The van der Waals surface area contributed by atoms with Gasteiger partial charge in [0.05, 0.1) is 6.10 Å². The number of allylic oxidation sites excluding steroid dienone is 3. The number of aliphatic hydroxyl groups is 1. The van der Waals surface area contributed by atoms with Gasteiger partial charge in [0.2, 0.25) is 0 Å². The highest BCUT2D eigenvalue weighted by atomic mass is 16.3. The van der Waals surface area contributed by atoms with Gasteiger partial charge in [-0.2, -0.15) is 0 Å². The normalized spacial score (nSPS) is 31.9. The first-order chi connectivity index (χ1) is 12.5. The lowest BCUT2D eigenvalue weighted by Crippen LogP contribution is -2.18. The number of ketones is 1. The number of carbonyl (C=O) groups excluding carboxylic acids is 1. The molecule has 0 aromatic rings. The summed E-state index contributed by atoms with van der Waals surface area (Å²) in [6.07, 6.45) is 17.6. The summed E-state index contributed by atoms with van der Waals surface area (Å²) < 4.78 is 0. The Morgan fingerprint density at radius 3 is 2.73 bits per heavy atom. The van der Waals surface area contributed by atoms with Gasteiger partial charge in [-0.25, -0.2) is 0 Å². The molecule has 0 spiro atoms. The van der Waals surface area contributed by atoms with Gasteiger partial charge >= 0.3 is 0 Å². The minimum Gasteiger partial charge on any atom is -0.392 e. The summed E-state index contributed by atoms with van der Waals surface area (Å²) in [5.41, 5.74) is 1.59. The van der Waals surface area contributed by atoms with E-state index >= 15 is 0 Å². The molecule has 2 saturated carbocycles. The van der Waals surface area contributed by atoms with E-state index in [-0.39, 0.29) is 17.9 Å². The summed E-state index contributed by atoms with van der Waals surface area (Å²) in [6, 6.07) is 0. The molecule has 2 fully saturated rings. The summed E-state index contributed by atoms with van der Waals surface area (Å²) in [5, 5.41) is 10.5. The number of hydrogen-bond donors (Lipinski definition) is 1. The van der Waals surface area contributed by atoms with Crippen LogP contribution in [0.25, 0.3) is 0 Å². The molecular formula is C23H37NO2. The van der Waals surface area contributed by atoms with E-state index in [2.05, 4.69) is 31.1 Å². The Hall–Kier alpha value is -0.930. The van der Waals surface area contributed by atoms with E-state index in [0.717, 1.165) is 25.7 Å². The van der Waals surface area contributed by atoms with Crippen LogP contribution in [-0.2, 0) is 4.79 Å². The van der Waals surface area contributed by atoms with Crippen molar-refractivity contribution in [1.29, 1.82) is 0 Å². The molecule has 0 bridgehead atoms. The van der Waals surface area contributed by atoms with Gasteiger partial charge in [0.1, 0.15) is 0 Å². The van der Waals surface area contributed by atoms with Gasteiger partial charge in [-0.1, -0.05) is 37.0 Å². The van der Waals surface area contributed by atoms with Crippen LogP contribution >= 0.6 is 0 Å². The number of nitrogens with zero attached hydrogens (tertiary/aromatic N) is 1. The van der Waals surface area contributed by atoms with Crippen molar-refractivity contribution in [3.05, 3.63) is 23.8 Å². The van der Waals surface area contributed by atoms with Gasteiger partial charge in [-0.05, 0) is 83.5 Å². The number of unbranched alkanes of at least 4 members (excludes halogenated alkanes) is 2. The fourth-order valence-electron chi connectivity index (χ4n) is 5.30. The molecule has 3 heteroatoms. The molecule has 3 aliphatic carbocycles. The fourth-order valence-corrected chi connectivity index (χ4v) is 5.30. The molecule has 4 atom stereocenters. The van der Waals surface area contributed by atoms with Gasteiger partial charge in [0.15, 0.2) is 5.78 Å². The summed E-state index contributed by atoms with van der Waals surface area (Å²) in [5.74, 6) is 1.77. The molecular weight excluding hydrogens is 322 g/mol. The van der Waals surface area contributed by atoms with Crippen LogP contribution in [0.5, 0.6) is 0 Å². The summed E-state index contributed by atoms with van der Waals surface area (Å²) >= 11 is 0. The van der Waals surface area contributed by atoms with Crippen LogP contribution in [0.2, 0.25) is 0 Å². The lowest BCUT2D eigenvalue weighted by atomic mass is 9.88. The molecule has 0 aromatic heterocycles. The van der Waals surface area contributed by atoms with Crippen molar-refractivity contribution in [1.82, 2.24) is 4.90 Å². The Morgan fingerprint density at radius 1 is 1.23 bits per heavy atom. The van der Waals surface area contributed by atoms with Crippen molar-refractivity contribution in [3.63, 3.8) is 0 Å². The van der Waals surface area contributed by atoms with Gasteiger partial charge < -0.3 is 10.0 Å².